The van der Waals surface area contributed by atoms with Crippen LogP contribution in [0.1, 0.15) is 25.3 Å². The molecule has 1 aromatic heterocycles. The molecule has 0 fully saturated rings. The molecule has 1 aliphatic heterocycles. The summed E-state index contributed by atoms with van der Waals surface area (Å²) in [6.45, 7) is 3.47. The monoisotopic (exact) mass is 440 g/mol. The lowest BCUT2D eigenvalue weighted by molar-refractivity contribution is -0.143. The van der Waals surface area contributed by atoms with Crippen molar-refractivity contribution in [3.63, 3.8) is 0 Å². The van der Waals surface area contributed by atoms with Crippen molar-refractivity contribution in [2.75, 3.05) is 19.8 Å². The number of thiazole rings is 1. The fourth-order valence-electron chi connectivity index (χ4n) is 3.40. The van der Waals surface area contributed by atoms with Crippen molar-refractivity contribution in [2.24, 2.45) is 4.99 Å². The number of rotatable bonds is 7. The molecule has 3 aromatic rings. The zero-order valence-electron chi connectivity index (χ0n) is 17.3. The summed E-state index contributed by atoms with van der Waals surface area (Å²) >= 11 is 1.40. The molecule has 7 nitrogen and oxygen atoms in total. The van der Waals surface area contributed by atoms with Crippen molar-refractivity contribution in [1.82, 2.24) is 4.57 Å². The largest absolute Gasteiger partial charge is 0.486 e. The molecule has 0 bridgehead atoms. The number of esters is 1. The minimum atomic E-state index is -0.284. The van der Waals surface area contributed by atoms with E-state index in [1.165, 1.54) is 11.3 Å². The maximum absolute atomic E-state index is 12.6. The van der Waals surface area contributed by atoms with Crippen LogP contribution in [0.5, 0.6) is 11.5 Å². The van der Waals surface area contributed by atoms with Crippen LogP contribution in [0.3, 0.4) is 0 Å². The zero-order chi connectivity index (χ0) is 21.6. The van der Waals surface area contributed by atoms with Gasteiger partial charge in [0, 0.05) is 25.1 Å². The fourth-order valence-corrected chi connectivity index (χ4v) is 4.49. The van der Waals surface area contributed by atoms with Crippen LogP contribution in [0.4, 0.5) is 0 Å². The molecule has 2 aromatic carbocycles. The first-order chi connectivity index (χ1) is 15.1. The number of hydrogen-bond acceptors (Lipinski definition) is 6. The van der Waals surface area contributed by atoms with Gasteiger partial charge in [-0.1, -0.05) is 41.7 Å². The molecular weight excluding hydrogens is 416 g/mol. The molecule has 0 saturated heterocycles. The Labute approximate surface area is 183 Å². The Kier molecular flexibility index (Phi) is 6.66. The third-order valence-electron chi connectivity index (χ3n) is 4.88. The minimum Gasteiger partial charge on any atom is -0.486 e. The van der Waals surface area contributed by atoms with E-state index in [9.17, 15) is 9.59 Å². The van der Waals surface area contributed by atoms with E-state index in [1.54, 1.807) is 6.92 Å². The van der Waals surface area contributed by atoms with E-state index in [0.717, 1.165) is 15.8 Å². The summed E-state index contributed by atoms with van der Waals surface area (Å²) in [6, 6.07) is 13.7. The van der Waals surface area contributed by atoms with E-state index < -0.39 is 0 Å². The molecule has 1 aliphatic rings. The molecular formula is C23H24N2O5S. The van der Waals surface area contributed by atoms with Gasteiger partial charge in [-0.2, -0.15) is 4.99 Å². The van der Waals surface area contributed by atoms with Gasteiger partial charge in [-0.25, -0.2) is 0 Å². The Morgan fingerprint density at radius 3 is 2.58 bits per heavy atom. The second kappa shape index (κ2) is 9.78. The van der Waals surface area contributed by atoms with Gasteiger partial charge in [-0.05, 0) is 18.9 Å². The Bertz CT molecular complexity index is 1150. The molecule has 2 heterocycles. The minimum absolute atomic E-state index is 0.194. The van der Waals surface area contributed by atoms with E-state index in [-0.39, 0.29) is 18.3 Å². The van der Waals surface area contributed by atoms with Gasteiger partial charge in [0.25, 0.3) is 0 Å². The Morgan fingerprint density at radius 2 is 1.84 bits per heavy atom. The van der Waals surface area contributed by atoms with Gasteiger partial charge in [0.05, 0.1) is 23.2 Å². The normalized spacial score (nSPS) is 13.4. The summed E-state index contributed by atoms with van der Waals surface area (Å²) < 4.78 is 19.2. The maximum atomic E-state index is 12.6. The van der Waals surface area contributed by atoms with Crippen LogP contribution < -0.4 is 14.3 Å². The summed E-state index contributed by atoms with van der Waals surface area (Å²) in [5.74, 6) is 0.855. The highest BCUT2D eigenvalue weighted by atomic mass is 32.1. The van der Waals surface area contributed by atoms with Gasteiger partial charge < -0.3 is 18.8 Å². The first-order valence-corrected chi connectivity index (χ1v) is 11.2. The van der Waals surface area contributed by atoms with Crippen LogP contribution in [-0.2, 0) is 27.3 Å². The molecule has 0 spiro atoms. The number of fused-ring (bicyclic) bond motifs is 2. The highest BCUT2D eigenvalue weighted by molar-refractivity contribution is 7.16. The van der Waals surface area contributed by atoms with E-state index in [0.29, 0.717) is 55.5 Å². The zero-order valence-corrected chi connectivity index (χ0v) is 18.2. The van der Waals surface area contributed by atoms with Crippen LogP contribution in [0.25, 0.3) is 10.2 Å². The van der Waals surface area contributed by atoms with E-state index >= 15 is 0 Å². The number of carbonyl (C=O) groups excluding carboxylic acids is 2. The molecule has 0 saturated carbocycles. The molecule has 4 rings (SSSR count). The lowest BCUT2D eigenvalue weighted by Crippen LogP contribution is -2.20. The van der Waals surface area contributed by atoms with Crippen LogP contribution in [0.15, 0.2) is 47.5 Å². The number of aromatic nitrogens is 1. The summed E-state index contributed by atoms with van der Waals surface area (Å²) in [7, 11) is 0. The van der Waals surface area contributed by atoms with Crippen LogP contribution in [-0.4, -0.2) is 36.3 Å². The average Bonchev–Trinajstić information content (AvgIpc) is 3.11. The SMILES string of the molecule is CCOC(=O)CCn1c(=NC(=O)CCc2ccccc2)sc2cc3c(cc21)OCCO3. The first kappa shape index (κ1) is 21.1. The number of nitrogens with zero attached hydrogens (tertiary/aromatic N) is 2. The lowest BCUT2D eigenvalue weighted by Gasteiger charge is -2.18. The molecule has 0 aliphatic carbocycles. The lowest BCUT2D eigenvalue weighted by atomic mass is 10.1. The van der Waals surface area contributed by atoms with Crippen molar-refractivity contribution in [1.29, 1.82) is 0 Å². The number of carbonyl (C=O) groups is 2. The first-order valence-electron chi connectivity index (χ1n) is 10.3. The quantitative estimate of drug-likeness (QED) is 0.526. The average molecular weight is 441 g/mol. The van der Waals surface area contributed by atoms with Crippen molar-refractivity contribution in [3.8, 4) is 11.5 Å². The molecule has 0 radical (unpaired) electrons. The van der Waals surface area contributed by atoms with Gasteiger partial charge in [0.15, 0.2) is 16.3 Å². The van der Waals surface area contributed by atoms with Crippen LogP contribution in [0, 0.1) is 0 Å². The van der Waals surface area contributed by atoms with E-state index in [4.69, 9.17) is 14.2 Å². The van der Waals surface area contributed by atoms with Crippen molar-refractivity contribution < 1.29 is 23.8 Å². The Hall–Kier alpha value is -3.13. The van der Waals surface area contributed by atoms with E-state index in [2.05, 4.69) is 4.99 Å². The van der Waals surface area contributed by atoms with Crippen molar-refractivity contribution in [3.05, 3.63) is 52.8 Å². The molecule has 162 valence electrons. The predicted molar refractivity (Wildman–Crippen MR) is 117 cm³/mol. The van der Waals surface area contributed by atoms with Gasteiger partial charge in [0.1, 0.15) is 13.2 Å². The Balaban J connectivity index is 1.64. The van der Waals surface area contributed by atoms with Gasteiger partial charge in [-0.15, -0.1) is 0 Å². The summed E-state index contributed by atoms with van der Waals surface area (Å²) in [5, 5.41) is 0. The Morgan fingerprint density at radius 1 is 1.10 bits per heavy atom. The molecule has 0 unspecified atom stereocenters. The number of hydrogen-bond donors (Lipinski definition) is 0. The van der Waals surface area contributed by atoms with E-state index in [1.807, 2.05) is 47.0 Å². The topological polar surface area (TPSA) is 79.1 Å². The second-order valence-electron chi connectivity index (χ2n) is 7.05. The van der Waals surface area contributed by atoms with Crippen LogP contribution in [0.2, 0.25) is 0 Å². The standard InChI is InChI=1S/C23H24N2O5S/c1-2-28-22(27)10-11-25-17-14-18-19(30-13-12-29-18)15-20(17)31-23(25)24-21(26)9-8-16-6-4-3-5-7-16/h3-7,14-15H,2,8-13H2,1H3. The smallest absolute Gasteiger partial charge is 0.307 e. The number of benzene rings is 2. The summed E-state index contributed by atoms with van der Waals surface area (Å²) in [4.78, 5) is 29.4. The number of ether oxygens (including phenoxy) is 3. The third-order valence-corrected chi connectivity index (χ3v) is 5.92. The van der Waals surface area contributed by atoms with Gasteiger partial charge in [0.2, 0.25) is 5.91 Å². The van der Waals surface area contributed by atoms with Crippen molar-refractivity contribution >= 4 is 33.4 Å². The maximum Gasteiger partial charge on any atom is 0.307 e. The third kappa shape index (κ3) is 5.14. The van der Waals surface area contributed by atoms with Crippen molar-refractivity contribution in [2.45, 2.75) is 32.7 Å². The highest BCUT2D eigenvalue weighted by Crippen LogP contribution is 2.35. The van der Waals surface area contributed by atoms with Crippen LogP contribution >= 0.6 is 11.3 Å². The fraction of sp³-hybridized carbons (Fsp3) is 0.348. The predicted octanol–water partition coefficient (Wildman–Crippen LogP) is 3.49. The second-order valence-corrected chi connectivity index (χ2v) is 8.06. The number of amides is 1. The molecule has 0 atom stereocenters. The molecule has 0 N–H and O–H groups in total. The summed E-state index contributed by atoms with van der Waals surface area (Å²) in [6.07, 6.45) is 1.14. The highest BCUT2D eigenvalue weighted by Gasteiger charge is 2.17. The molecule has 1 amide bonds. The molecule has 8 heteroatoms. The molecule has 31 heavy (non-hydrogen) atoms. The summed E-state index contributed by atoms with van der Waals surface area (Å²) in [5.41, 5.74) is 1.95. The number of aryl methyl sites for hydroxylation is 2. The van der Waals surface area contributed by atoms with Gasteiger partial charge >= 0.3 is 5.97 Å². The van der Waals surface area contributed by atoms with Gasteiger partial charge in [-0.3, -0.25) is 9.59 Å².